The number of H-pyrrole nitrogens is 1. The van der Waals surface area contributed by atoms with Crippen LogP contribution in [-0.2, 0) is 6.54 Å². The minimum absolute atomic E-state index is 0.0182. The van der Waals surface area contributed by atoms with Crippen molar-refractivity contribution in [2.24, 2.45) is 0 Å². The lowest BCUT2D eigenvalue weighted by atomic mass is 10.0. The van der Waals surface area contributed by atoms with E-state index < -0.39 is 23.1 Å². The van der Waals surface area contributed by atoms with E-state index in [-0.39, 0.29) is 24.2 Å². The third kappa shape index (κ3) is 4.33. The van der Waals surface area contributed by atoms with Crippen LogP contribution in [0.15, 0.2) is 65.8 Å². The van der Waals surface area contributed by atoms with Gasteiger partial charge in [-0.05, 0) is 53.9 Å². The Morgan fingerprint density at radius 1 is 1.15 bits per heavy atom. The van der Waals surface area contributed by atoms with Crippen LogP contribution in [0.25, 0.3) is 11.0 Å². The highest BCUT2D eigenvalue weighted by atomic mass is 19.2. The van der Waals surface area contributed by atoms with Crippen LogP contribution >= 0.6 is 0 Å². The fourth-order valence-corrected chi connectivity index (χ4v) is 4.21. The first-order valence-corrected chi connectivity index (χ1v) is 10.8. The Hall–Kier alpha value is -3.89. The molecule has 2 atom stereocenters. The second-order valence-electron chi connectivity index (χ2n) is 8.23. The van der Waals surface area contributed by atoms with Crippen molar-refractivity contribution in [1.29, 1.82) is 0 Å². The molecule has 10 heteroatoms. The summed E-state index contributed by atoms with van der Waals surface area (Å²) in [5.74, 6) is -2.44. The van der Waals surface area contributed by atoms with Gasteiger partial charge in [-0.25, -0.2) is 19.2 Å². The monoisotopic (exact) mass is 464 g/mol. The SMILES string of the molecule is O=C(NCC1CC(c2c[nH]c3ncccc23)NN1)c1cccn(Cc2ccc(F)c(F)c2)c1=O. The number of carbonyl (C=O) groups is 1. The minimum atomic E-state index is -0.987. The van der Waals surface area contributed by atoms with Crippen LogP contribution in [-0.4, -0.2) is 33.0 Å². The highest BCUT2D eigenvalue weighted by Crippen LogP contribution is 2.28. The van der Waals surface area contributed by atoms with Gasteiger partial charge in [0.2, 0.25) is 0 Å². The van der Waals surface area contributed by atoms with E-state index in [4.69, 9.17) is 0 Å². The number of hydrogen-bond acceptors (Lipinski definition) is 5. The van der Waals surface area contributed by atoms with Crippen LogP contribution < -0.4 is 21.7 Å². The van der Waals surface area contributed by atoms with Crippen molar-refractivity contribution in [2.45, 2.75) is 25.0 Å². The molecule has 1 fully saturated rings. The van der Waals surface area contributed by atoms with Crippen LogP contribution in [0.5, 0.6) is 0 Å². The normalized spacial score (nSPS) is 17.8. The molecule has 0 saturated carbocycles. The summed E-state index contributed by atoms with van der Waals surface area (Å²) < 4.78 is 27.9. The maximum atomic E-state index is 13.5. The third-order valence-electron chi connectivity index (χ3n) is 5.95. The third-order valence-corrected chi connectivity index (χ3v) is 5.95. The molecular formula is C24H22F2N6O2. The van der Waals surface area contributed by atoms with Gasteiger partial charge in [0.25, 0.3) is 11.5 Å². The number of pyridine rings is 2. The van der Waals surface area contributed by atoms with Crippen LogP contribution in [0, 0.1) is 11.6 Å². The lowest BCUT2D eigenvalue weighted by molar-refractivity contribution is 0.0948. The molecule has 4 aromatic rings. The predicted octanol–water partition coefficient (Wildman–Crippen LogP) is 2.39. The first-order chi connectivity index (χ1) is 16.5. The molecule has 1 amide bonds. The molecule has 5 rings (SSSR count). The van der Waals surface area contributed by atoms with Gasteiger partial charge in [0.15, 0.2) is 11.6 Å². The van der Waals surface area contributed by atoms with Crippen molar-refractivity contribution < 1.29 is 13.6 Å². The number of nitrogens with one attached hydrogen (secondary N) is 4. The predicted molar refractivity (Wildman–Crippen MR) is 122 cm³/mol. The molecule has 0 spiro atoms. The zero-order chi connectivity index (χ0) is 23.7. The first-order valence-electron chi connectivity index (χ1n) is 10.8. The van der Waals surface area contributed by atoms with Crippen molar-refractivity contribution in [1.82, 2.24) is 30.7 Å². The number of carbonyl (C=O) groups excluding carboxylic acids is 1. The number of aromatic amines is 1. The summed E-state index contributed by atoms with van der Waals surface area (Å²) in [5.41, 5.74) is 8.23. The van der Waals surface area contributed by atoms with Crippen LogP contribution in [0.1, 0.15) is 33.9 Å². The molecule has 0 aliphatic carbocycles. The molecule has 1 saturated heterocycles. The van der Waals surface area contributed by atoms with Gasteiger partial charge in [-0.2, -0.15) is 0 Å². The Morgan fingerprint density at radius 2 is 2.03 bits per heavy atom. The lowest BCUT2D eigenvalue weighted by Gasteiger charge is -2.12. The Morgan fingerprint density at radius 3 is 2.88 bits per heavy atom. The van der Waals surface area contributed by atoms with Gasteiger partial charge in [-0.3, -0.25) is 15.0 Å². The van der Waals surface area contributed by atoms with Gasteiger partial charge in [-0.1, -0.05) is 6.07 Å². The van der Waals surface area contributed by atoms with Crippen LogP contribution in [0.2, 0.25) is 0 Å². The van der Waals surface area contributed by atoms with Gasteiger partial charge in [-0.15, -0.1) is 0 Å². The van der Waals surface area contributed by atoms with E-state index >= 15 is 0 Å². The van der Waals surface area contributed by atoms with E-state index in [1.165, 1.54) is 22.9 Å². The summed E-state index contributed by atoms with van der Waals surface area (Å²) in [6.45, 7) is 0.340. The maximum absolute atomic E-state index is 13.5. The summed E-state index contributed by atoms with van der Waals surface area (Å²) in [6, 6.07) is 10.4. The van der Waals surface area contributed by atoms with E-state index in [0.717, 1.165) is 35.2 Å². The number of hydrazine groups is 1. The number of amides is 1. The first kappa shape index (κ1) is 21.9. The highest BCUT2D eigenvalue weighted by molar-refractivity contribution is 5.93. The fourth-order valence-electron chi connectivity index (χ4n) is 4.21. The number of benzene rings is 1. The molecule has 8 nitrogen and oxygen atoms in total. The quantitative estimate of drug-likeness (QED) is 0.351. The van der Waals surface area contributed by atoms with Crippen molar-refractivity contribution in [2.75, 3.05) is 6.54 Å². The van der Waals surface area contributed by atoms with Crippen molar-refractivity contribution in [3.05, 3.63) is 99.7 Å². The summed E-state index contributed by atoms with van der Waals surface area (Å²) in [5, 5.41) is 3.85. The Bertz CT molecular complexity index is 1420. The lowest BCUT2D eigenvalue weighted by Crippen LogP contribution is -2.41. The van der Waals surface area contributed by atoms with Crippen molar-refractivity contribution >= 4 is 16.9 Å². The number of rotatable bonds is 6. The molecule has 1 aromatic carbocycles. The van der Waals surface area contributed by atoms with E-state index in [9.17, 15) is 18.4 Å². The maximum Gasteiger partial charge on any atom is 0.263 e. The second kappa shape index (κ2) is 9.16. The molecule has 4 heterocycles. The molecule has 34 heavy (non-hydrogen) atoms. The standard InChI is InChI=1S/C24H22F2N6O2/c25-19-6-5-14(9-20(19)26)13-32-8-2-4-17(24(32)34)23(33)29-11-15-10-21(31-30-15)18-12-28-22-16(18)3-1-7-27-22/h1-9,12,15,21,30-31H,10-11,13H2,(H,27,28)(H,29,33). The van der Waals surface area contributed by atoms with Gasteiger partial charge in [0.1, 0.15) is 11.2 Å². The number of nitrogens with zero attached hydrogens (tertiary/aromatic N) is 2. The Labute approximate surface area is 193 Å². The zero-order valence-electron chi connectivity index (χ0n) is 18.0. The smallest absolute Gasteiger partial charge is 0.263 e. The van der Waals surface area contributed by atoms with Crippen molar-refractivity contribution in [3.8, 4) is 0 Å². The number of fused-ring (bicyclic) bond motifs is 1. The second-order valence-corrected chi connectivity index (χ2v) is 8.23. The number of halogens is 2. The molecular weight excluding hydrogens is 442 g/mol. The molecule has 174 valence electrons. The fraction of sp³-hybridized carbons (Fsp3) is 0.208. The van der Waals surface area contributed by atoms with Crippen LogP contribution in [0.4, 0.5) is 8.78 Å². The largest absolute Gasteiger partial charge is 0.350 e. The summed E-state index contributed by atoms with van der Waals surface area (Å²) in [7, 11) is 0. The molecule has 2 unspecified atom stereocenters. The molecule has 3 aromatic heterocycles. The molecule has 1 aliphatic rings. The van der Waals surface area contributed by atoms with E-state index in [2.05, 4.69) is 26.1 Å². The Balaban J connectivity index is 1.22. The molecule has 1 aliphatic heterocycles. The molecule has 0 bridgehead atoms. The van der Waals surface area contributed by atoms with Gasteiger partial charge >= 0.3 is 0 Å². The van der Waals surface area contributed by atoms with Crippen LogP contribution in [0.3, 0.4) is 0 Å². The molecule has 0 radical (unpaired) electrons. The average molecular weight is 464 g/mol. The topological polar surface area (TPSA) is 104 Å². The van der Waals surface area contributed by atoms with Gasteiger partial charge < -0.3 is 14.9 Å². The summed E-state index contributed by atoms with van der Waals surface area (Å²) in [6.07, 6.45) is 5.90. The highest BCUT2D eigenvalue weighted by Gasteiger charge is 2.27. The zero-order valence-corrected chi connectivity index (χ0v) is 18.0. The van der Waals surface area contributed by atoms with Gasteiger partial charge in [0, 0.05) is 42.6 Å². The number of aromatic nitrogens is 3. The van der Waals surface area contributed by atoms with E-state index in [1.807, 2.05) is 18.3 Å². The number of hydrogen-bond donors (Lipinski definition) is 4. The summed E-state index contributed by atoms with van der Waals surface area (Å²) in [4.78, 5) is 33.0. The minimum Gasteiger partial charge on any atom is -0.350 e. The van der Waals surface area contributed by atoms with E-state index in [1.54, 1.807) is 12.3 Å². The van der Waals surface area contributed by atoms with E-state index in [0.29, 0.717) is 12.1 Å². The average Bonchev–Trinajstić information content (AvgIpc) is 3.48. The Kier molecular flexibility index (Phi) is 5.91. The molecule has 4 N–H and O–H groups in total. The summed E-state index contributed by atoms with van der Waals surface area (Å²) >= 11 is 0. The van der Waals surface area contributed by atoms with Gasteiger partial charge in [0.05, 0.1) is 6.54 Å². The van der Waals surface area contributed by atoms with Crippen molar-refractivity contribution in [3.63, 3.8) is 0 Å².